The third kappa shape index (κ3) is 2.61. The highest BCUT2D eigenvalue weighted by molar-refractivity contribution is 5.96. The minimum atomic E-state index is -0.899. The summed E-state index contributed by atoms with van der Waals surface area (Å²) in [4.78, 5) is 29.1. The number of carboxylic acid groups (broad SMARTS) is 1. The van der Waals surface area contributed by atoms with E-state index < -0.39 is 11.9 Å². The first kappa shape index (κ1) is 15.6. The third-order valence-electron chi connectivity index (χ3n) is 4.93. The average Bonchev–Trinajstić information content (AvgIpc) is 3.32. The number of aliphatic carboxylic acids is 1. The van der Waals surface area contributed by atoms with Crippen LogP contribution in [0.15, 0.2) is 30.5 Å². The van der Waals surface area contributed by atoms with Gasteiger partial charge in [0.15, 0.2) is 11.5 Å². The van der Waals surface area contributed by atoms with Gasteiger partial charge in [0.25, 0.3) is 5.91 Å². The maximum atomic E-state index is 12.7. The van der Waals surface area contributed by atoms with E-state index in [4.69, 9.17) is 9.47 Å². The fraction of sp³-hybridized carbons (Fsp3) is 0.333. The minimum absolute atomic E-state index is 0.145. The van der Waals surface area contributed by atoms with Crippen molar-refractivity contribution in [1.29, 1.82) is 0 Å². The zero-order chi connectivity index (χ0) is 17.6. The summed E-state index contributed by atoms with van der Waals surface area (Å²) in [5.41, 5.74) is 2.21. The number of nitrogens with one attached hydrogen (secondary N) is 1. The van der Waals surface area contributed by atoms with E-state index in [0.717, 1.165) is 11.3 Å². The monoisotopic (exact) mass is 342 g/mol. The molecule has 130 valence electrons. The molecule has 1 aromatic heterocycles. The molecule has 2 atom stereocenters. The number of hydrogen-bond acceptors (Lipinski definition) is 4. The lowest BCUT2D eigenvalue weighted by Gasteiger charge is -2.16. The molecule has 0 radical (unpaired) electrons. The summed E-state index contributed by atoms with van der Waals surface area (Å²) in [6.07, 6.45) is 1.71. The van der Waals surface area contributed by atoms with Crippen LogP contribution in [0.5, 0.6) is 11.5 Å². The first-order valence-electron chi connectivity index (χ1n) is 8.10. The Morgan fingerprint density at radius 3 is 2.72 bits per heavy atom. The Morgan fingerprint density at radius 1 is 1.20 bits per heavy atom. The number of rotatable bonds is 3. The van der Waals surface area contributed by atoms with Gasteiger partial charge in [-0.05, 0) is 30.7 Å². The van der Waals surface area contributed by atoms with Gasteiger partial charge in [0.2, 0.25) is 6.79 Å². The zero-order valence-corrected chi connectivity index (χ0v) is 13.7. The summed E-state index contributed by atoms with van der Waals surface area (Å²) in [7, 11) is 0. The number of H-pyrrole nitrogens is 1. The van der Waals surface area contributed by atoms with E-state index in [9.17, 15) is 14.7 Å². The molecular formula is C18H18N2O5. The Morgan fingerprint density at radius 2 is 2.00 bits per heavy atom. The van der Waals surface area contributed by atoms with Crippen LogP contribution in [-0.2, 0) is 4.79 Å². The number of aromatic nitrogens is 1. The van der Waals surface area contributed by atoms with Crippen molar-refractivity contribution in [2.45, 2.75) is 12.8 Å². The molecule has 25 heavy (non-hydrogen) atoms. The Labute approximate surface area is 144 Å². The van der Waals surface area contributed by atoms with Crippen LogP contribution in [0.4, 0.5) is 0 Å². The molecule has 1 amide bonds. The number of aryl methyl sites for hydroxylation is 1. The Bertz CT molecular complexity index is 844. The fourth-order valence-electron chi connectivity index (χ4n) is 3.56. The van der Waals surface area contributed by atoms with Gasteiger partial charge in [-0.25, -0.2) is 0 Å². The Hall–Kier alpha value is -2.96. The third-order valence-corrected chi connectivity index (χ3v) is 4.93. The highest BCUT2D eigenvalue weighted by Gasteiger charge is 2.41. The minimum Gasteiger partial charge on any atom is -0.481 e. The van der Waals surface area contributed by atoms with Crippen molar-refractivity contribution in [2.75, 3.05) is 19.9 Å². The van der Waals surface area contributed by atoms with Gasteiger partial charge in [0.05, 0.1) is 11.5 Å². The van der Waals surface area contributed by atoms with E-state index in [2.05, 4.69) is 4.98 Å². The first-order chi connectivity index (χ1) is 12.0. The molecule has 1 aromatic carbocycles. The molecule has 3 heterocycles. The lowest BCUT2D eigenvalue weighted by Crippen LogP contribution is -2.30. The molecule has 1 saturated heterocycles. The van der Waals surface area contributed by atoms with Crippen LogP contribution in [0.2, 0.25) is 0 Å². The van der Waals surface area contributed by atoms with E-state index in [1.807, 2.05) is 19.1 Å². The van der Waals surface area contributed by atoms with Crippen molar-refractivity contribution in [3.63, 3.8) is 0 Å². The predicted octanol–water partition coefficient (Wildman–Crippen LogP) is 1.99. The summed E-state index contributed by atoms with van der Waals surface area (Å²) in [5.74, 6) is -0.701. The maximum Gasteiger partial charge on any atom is 0.308 e. The molecule has 2 aromatic rings. The second-order valence-corrected chi connectivity index (χ2v) is 6.39. The van der Waals surface area contributed by atoms with E-state index >= 15 is 0 Å². The largest absolute Gasteiger partial charge is 0.481 e. The number of aromatic amines is 1. The smallest absolute Gasteiger partial charge is 0.308 e. The van der Waals surface area contributed by atoms with Gasteiger partial charge in [-0.2, -0.15) is 0 Å². The summed E-state index contributed by atoms with van der Waals surface area (Å²) in [5, 5.41) is 9.62. The summed E-state index contributed by atoms with van der Waals surface area (Å²) in [6.45, 7) is 2.55. The fourth-order valence-corrected chi connectivity index (χ4v) is 3.56. The van der Waals surface area contributed by atoms with Crippen LogP contribution >= 0.6 is 0 Å². The molecule has 0 unspecified atom stereocenters. The van der Waals surface area contributed by atoms with Gasteiger partial charge in [0, 0.05) is 30.9 Å². The van der Waals surface area contributed by atoms with Crippen LogP contribution < -0.4 is 9.47 Å². The highest BCUT2D eigenvalue weighted by Crippen LogP contribution is 2.39. The lowest BCUT2D eigenvalue weighted by molar-refractivity contribution is -0.141. The van der Waals surface area contributed by atoms with Crippen molar-refractivity contribution in [3.05, 3.63) is 47.3 Å². The van der Waals surface area contributed by atoms with Gasteiger partial charge in [-0.15, -0.1) is 0 Å². The van der Waals surface area contributed by atoms with E-state index in [-0.39, 0.29) is 25.2 Å². The van der Waals surface area contributed by atoms with Crippen LogP contribution in [0.3, 0.4) is 0 Å². The predicted molar refractivity (Wildman–Crippen MR) is 87.9 cm³/mol. The molecular weight excluding hydrogens is 324 g/mol. The summed E-state index contributed by atoms with van der Waals surface area (Å²) < 4.78 is 10.7. The molecule has 0 spiro atoms. The molecule has 0 saturated carbocycles. The van der Waals surface area contributed by atoms with Crippen LogP contribution in [0.25, 0.3) is 0 Å². The molecule has 1 fully saturated rings. The molecule has 7 heteroatoms. The number of carboxylic acids is 1. The number of amides is 1. The zero-order valence-electron chi connectivity index (χ0n) is 13.7. The Balaban J connectivity index is 1.62. The molecule has 4 rings (SSSR count). The number of nitrogens with zero attached hydrogens (tertiary/aromatic N) is 1. The molecule has 2 N–H and O–H groups in total. The van der Waals surface area contributed by atoms with Gasteiger partial charge in [0.1, 0.15) is 0 Å². The number of hydrogen-bond donors (Lipinski definition) is 2. The molecule has 0 bridgehead atoms. The topological polar surface area (TPSA) is 91.9 Å². The van der Waals surface area contributed by atoms with Crippen molar-refractivity contribution >= 4 is 11.9 Å². The molecule has 7 nitrogen and oxygen atoms in total. The van der Waals surface area contributed by atoms with Crippen molar-refractivity contribution in [3.8, 4) is 11.5 Å². The van der Waals surface area contributed by atoms with Crippen molar-refractivity contribution in [1.82, 2.24) is 9.88 Å². The number of fused-ring (bicyclic) bond motifs is 1. The maximum absolute atomic E-state index is 12.7. The number of likely N-dealkylation sites (tertiary alicyclic amines) is 1. The van der Waals surface area contributed by atoms with Crippen LogP contribution in [0.1, 0.15) is 27.5 Å². The quantitative estimate of drug-likeness (QED) is 0.890. The number of carbonyl (C=O) groups excluding carboxylic acids is 1. The standard InChI is InChI=1S/C18H18N2O5/c1-10-12(4-5-19-10)17(21)20-7-13(14(8-20)18(22)23)11-2-3-15-16(6-11)25-9-24-15/h2-6,13-14,19H,7-9H2,1H3,(H,22,23)/t13-,14+/m0/s1. The van der Waals surface area contributed by atoms with Gasteiger partial charge in [-0.1, -0.05) is 6.07 Å². The SMILES string of the molecule is Cc1[nH]ccc1C(=O)N1C[C@@H](C(=O)O)[C@H](c2ccc3c(c2)OCO3)C1. The van der Waals surface area contributed by atoms with Gasteiger partial charge >= 0.3 is 5.97 Å². The van der Waals surface area contributed by atoms with Gasteiger partial charge in [-0.3, -0.25) is 9.59 Å². The van der Waals surface area contributed by atoms with Crippen LogP contribution in [0, 0.1) is 12.8 Å². The molecule has 2 aliphatic rings. The Kier molecular flexibility index (Phi) is 3.63. The lowest BCUT2D eigenvalue weighted by atomic mass is 9.89. The number of benzene rings is 1. The highest BCUT2D eigenvalue weighted by atomic mass is 16.7. The average molecular weight is 342 g/mol. The van der Waals surface area contributed by atoms with E-state index in [1.54, 1.807) is 23.2 Å². The number of ether oxygens (including phenoxy) is 2. The van der Waals surface area contributed by atoms with Crippen molar-refractivity contribution < 1.29 is 24.2 Å². The van der Waals surface area contributed by atoms with Crippen molar-refractivity contribution in [2.24, 2.45) is 5.92 Å². The normalized spacial score (nSPS) is 21.6. The summed E-state index contributed by atoms with van der Waals surface area (Å²) >= 11 is 0. The van der Waals surface area contributed by atoms with Gasteiger partial charge < -0.3 is 24.5 Å². The number of carbonyl (C=O) groups is 2. The first-order valence-corrected chi connectivity index (χ1v) is 8.10. The van der Waals surface area contributed by atoms with Crippen LogP contribution in [-0.4, -0.2) is 46.7 Å². The molecule has 0 aliphatic carbocycles. The summed E-state index contributed by atoms with van der Waals surface area (Å²) in [6, 6.07) is 7.18. The second kappa shape index (κ2) is 5.84. The van der Waals surface area contributed by atoms with E-state index in [1.165, 1.54) is 0 Å². The molecule has 2 aliphatic heterocycles. The second-order valence-electron chi connectivity index (χ2n) is 6.39. The van der Waals surface area contributed by atoms with E-state index in [0.29, 0.717) is 23.6 Å².